The molecule has 5 aromatic rings. The van der Waals surface area contributed by atoms with E-state index in [0.717, 1.165) is 16.6 Å². The smallest absolute Gasteiger partial charge is 0.416 e. The van der Waals surface area contributed by atoms with Crippen LogP contribution >= 0.6 is 11.6 Å². The molecule has 14 nitrogen and oxygen atoms in total. The van der Waals surface area contributed by atoms with Gasteiger partial charge in [0.15, 0.2) is 23.1 Å². The molecular weight excluding hydrogens is 714 g/mol. The minimum absolute atomic E-state index is 0.0441. The summed E-state index contributed by atoms with van der Waals surface area (Å²) < 4.78 is 63.7. The number of carbonyl (C=O) groups is 2. The molecule has 1 saturated heterocycles. The van der Waals surface area contributed by atoms with Gasteiger partial charge in [0, 0.05) is 19.3 Å². The van der Waals surface area contributed by atoms with Crippen molar-refractivity contribution in [1.29, 1.82) is 0 Å². The highest BCUT2D eigenvalue weighted by Gasteiger charge is 2.50. The van der Waals surface area contributed by atoms with Gasteiger partial charge < -0.3 is 24.6 Å². The third kappa shape index (κ3) is 5.80. The summed E-state index contributed by atoms with van der Waals surface area (Å²) >= 11 is 6.10. The van der Waals surface area contributed by atoms with Crippen molar-refractivity contribution in [3.63, 3.8) is 0 Å². The van der Waals surface area contributed by atoms with Crippen LogP contribution in [0.4, 0.5) is 23.2 Å². The van der Waals surface area contributed by atoms with Crippen LogP contribution in [0, 0.1) is 19.7 Å². The first-order chi connectivity index (χ1) is 24.6. The highest BCUT2D eigenvalue weighted by Crippen LogP contribution is 2.48. The molecule has 1 fully saturated rings. The molecule has 19 heteroatoms. The maximum Gasteiger partial charge on any atom is 0.416 e. The van der Waals surface area contributed by atoms with Gasteiger partial charge in [-0.05, 0) is 57.9 Å². The van der Waals surface area contributed by atoms with Crippen molar-refractivity contribution in [2.45, 2.75) is 58.0 Å². The Balaban J connectivity index is 1.29. The number of aryl methyl sites for hydroxylation is 2. The molecule has 0 saturated carbocycles. The summed E-state index contributed by atoms with van der Waals surface area (Å²) in [5.41, 5.74) is -2.45. The fourth-order valence-electron chi connectivity index (χ4n) is 6.71. The number of hydrogen-bond donors (Lipinski definition) is 2. The Hall–Kier alpha value is -5.49. The summed E-state index contributed by atoms with van der Waals surface area (Å²) in [5, 5.41) is 16.9. The van der Waals surface area contributed by atoms with E-state index in [-0.39, 0.29) is 87.9 Å². The van der Waals surface area contributed by atoms with Crippen molar-refractivity contribution in [3.8, 4) is 17.1 Å². The van der Waals surface area contributed by atoms with Crippen molar-refractivity contribution in [1.82, 2.24) is 39.0 Å². The quantitative estimate of drug-likeness (QED) is 0.240. The molecular formula is C33H28ClF4N9O5. The first kappa shape index (κ1) is 34.9. The van der Waals surface area contributed by atoms with E-state index in [0.29, 0.717) is 6.07 Å². The maximum atomic E-state index is 15.2. The third-order valence-corrected chi connectivity index (χ3v) is 9.58. The van der Waals surface area contributed by atoms with Gasteiger partial charge in [-0.2, -0.15) is 22.7 Å². The number of halogens is 5. The summed E-state index contributed by atoms with van der Waals surface area (Å²) in [5.74, 6) is -2.62. The van der Waals surface area contributed by atoms with Gasteiger partial charge in [0.25, 0.3) is 11.5 Å². The van der Waals surface area contributed by atoms with Crippen LogP contribution in [0.1, 0.15) is 64.6 Å². The molecule has 0 bridgehead atoms. The van der Waals surface area contributed by atoms with Crippen molar-refractivity contribution in [2.75, 3.05) is 18.4 Å². The van der Waals surface area contributed by atoms with Gasteiger partial charge in [-0.3, -0.25) is 19.4 Å². The number of amides is 2. The van der Waals surface area contributed by atoms with Crippen molar-refractivity contribution < 1.29 is 37.0 Å². The molecule has 2 N–H and O–H groups in total. The topological polar surface area (TPSA) is 170 Å². The summed E-state index contributed by atoms with van der Waals surface area (Å²) in [6.45, 7) is 4.33. The Labute approximate surface area is 296 Å². The molecule has 1 atom stereocenters. The van der Waals surface area contributed by atoms with Crippen LogP contribution in [0.3, 0.4) is 0 Å². The number of nitrogens with zero attached hydrogens (tertiary/aromatic N) is 8. The Morgan fingerprint density at radius 2 is 1.85 bits per heavy atom. The minimum atomic E-state index is -4.65. The Morgan fingerprint density at radius 1 is 1.12 bits per heavy atom. The number of carbonyl (C=O) groups excluding carboxylic acids is 2. The number of rotatable bonds is 5. The minimum Gasteiger partial charge on any atom is -0.504 e. The number of benzene rings is 1. The monoisotopic (exact) mass is 741 g/mol. The molecule has 1 aromatic carbocycles. The third-order valence-electron chi connectivity index (χ3n) is 9.27. The number of likely N-dealkylation sites (tertiary alicyclic amines) is 1. The molecule has 2 aliphatic rings. The van der Waals surface area contributed by atoms with Crippen molar-refractivity contribution in [2.24, 2.45) is 0 Å². The van der Waals surface area contributed by atoms with Crippen LogP contribution in [0.25, 0.3) is 17.2 Å². The predicted octanol–water partition coefficient (Wildman–Crippen LogP) is 4.74. The lowest BCUT2D eigenvalue weighted by Gasteiger charge is -2.39. The van der Waals surface area contributed by atoms with Gasteiger partial charge in [-0.15, -0.1) is 5.10 Å². The van der Waals surface area contributed by atoms with Gasteiger partial charge in [-0.1, -0.05) is 11.6 Å². The van der Waals surface area contributed by atoms with Gasteiger partial charge >= 0.3 is 6.18 Å². The highest BCUT2D eigenvalue weighted by molar-refractivity contribution is 6.33. The normalized spacial score (nSPS) is 16.8. The lowest BCUT2D eigenvalue weighted by Crippen LogP contribution is -2.47. The number of fused-ring (bicyclic) bond motifs is 3. The molecule has 1 spiro atoms. The van der Waals surface area contributed by atoms with Gasteiger partial charge in [0.1, 0.15) is 18.5 Å². The number of hydrogen-bond acceptors (Lipinski definition) is 10. The second-order valence-electron chi connectivity index (χ2n) is 12.5. The van der Waals surface area contributed by atoms with E-state index in [2.05, 4.69) is 30.4 Å². The van der Waals surface area contributed by atoms with Crippen LogP contribution in [0.5, 0.6) is 5.75 Å². The lowest BCUT2D eigenvalue weighted by molar-refractivity contribution is -0.137. The fraction of sp³-hybridized carbons (Fsp3) is 0.333. The van der Waals surface area contributed by atoms with Crippen molar-refractivity contribution >= 4 is 34.9 Å². The van der Waals surface area contributed by atoms with Crippen LogP contribution in [0.15, 0.2) is 41.6 Å². The van der Waals surface area contributed by atoms with Crippen LogP contribution in [-0.4, -0.2) is 69.0 Å². The molecule has 2 aliphatic heterocycles. The number of piperidine rings is 1. The summed E-state index contributed by atoms with van der Waals surface area (Å²) in [6.07, 6.45) is -2.66. The first-order valence-electron chi connectivity index (χ1n) is 15.9. The zero-order chi connectivity index (χ0) is 37.3. The van der Waals surface area contributed by atoms with E-state index in [1.54, 1.807) is 6.92 Å². The van der Waals surface area contributed by atoms with Gasteiger partial charge in [-0.25, -0.2) is 14.4 Å². The number of anilines is 1. The molecule has 2 amide bonds. The first-order valence-corrected chi connectivity index (χ1v) is 16.3. The van der Waals surface area contributed by atoms with Crippen LogP contribution in [-0.2, 0) is 27.9 Å². The lowest BCUT2D eigenvalue weighted by atomic mass is 9.85. The zero-order valence-electron chi connectivity index (χ0n) is 27.6. The average Bonchev–Trinajstić information content (AvgIpc) is 3.66. The number of aromatic nitrogens is 7. The van der Waals surface area contributed by atoms with E-state index < -0.39 is 53.2 Å². The Morgan fingerprint density at radius 3 is 2.54 bits per heavy atom. The highest BCUT2D eigenvalue weighted by atomic mass is 35.5. The Bertz CT molecular complexity index is 2360. The van der Waals surface area contributed by atoms with E-state index >= 15 is 4.39 Å². The van der Waals surface area contributed by atoms with Gasteiger partial charge in [0.05, 0.1) is 50.6 Å². The van der Waals surface area contributed by atoms with E-state index in [9.17, 15) is 32.7 Å². The zero-order valence-corrected chi connectivity index (χ0v) is 28.4. The molecule has 1 unspecified atom stereocenters. The SMILES string of the molecule is Cc1ncnc(C(=O)N2CCC3(CC2)OC(C)c2c3c(=O)n3nc(-c4ccnc(C)c4F)nc3n2CC(=O)Nc2ccc(C(F)(F)F)cc2Cl)c1O. The molecule has 6 heterocycles. The largest absolute Gasteiger partial charge is 0.504 e. The van der Waals surface area contributed by atoms with E-state index in [4.69, 9.17) is 16.3 Å². The predicted molar refractivity (Wildman–Crippen MR) is 175 cm³/mol. The van der Waals surface area contributed by atoms with Crippen molar-refractivity contribution in [3.05, 3.63) is 91.9 Å². The number of ether oxygens (including phenoxy) is 1. The number of alkyl halides is 3. The summed E-state index contributed by atoms with van der Waals surface area (Å²) in [4.78, 5) is 59.0. The molecule has 52 heavy (non-hydrogen) atoms. The second-order valence-corrected chi connectivity index (χ2v) is 12.9. The average molecular weight is 742 g/mol. The molecule has 0 radical (unpaired) electrons. The van der Waals surface area contributed by atoms with Crippen LogP contribution in [0.2, 0.25) is 5.02 Å². The maximum absolute atomic E-state index is 15.2. The Kier molecular flexibility index (Phi) is 8.48. The van der Waals surface area contributed by atoms with E-state index in [1.807, 2.05) is 0 Å². The summed E-state index contributed by atoms with van der Waals surface area (Å²) in [6, 6.07) is 3.83. The molecule has 270 valence electrons. The molecule has 7 rings (SSSR count). The fourth-order valence-corrected chi connectivity index (χ4v) is 6.93. The molecule has 0 aliphatic carbocycles. The standard InChI is InChI=1S/C33H28ClF4N9O5/c1-15-24(35)19(6-9-39-15)28-43-31-46(13-22(48)42-21-5-4-18(12-20(21)34)33(36,37)38)26-17(3)52-32(23(26)29(50)47(31)44-28)7-10-45(11-8-32)30(51)25-27(49)16(2)40-14-41-25/h4-6,9,12,14,17,49H,7-8,10-11,13H2,1-3H3,(H,42,48). The number of pyridine rings is 1. The van der Waals surface area contributed by atoms with Crippen LogP contribution < -0.4 is 10.9 Å². The second kappa shape index (κ2) is 12.6. The summed E-state index contributed by atoms with van der Waals surface area (Å²) in [7, 11) is 0. The molecule has 4 aromatic heterocycles. The van der Waals surface area contributed by atoms with E-state index in [1.165, 1.54) is 41.9 Å². The number of nitrogens with one attached hydrogen (secondary N) is 1. The van der Waals surface area contributed by atoms with Gasteiger partial charge in [0.2, 0.25) is 11.7 Å². The number of aromatic hydroxyl groups is 1.